The summed E-state index contributed by atoms with van der Waals surface area (Å²) in [6.45, 7) is 4.32. The maximum absolute atomic E-state index is 12.4. The number of hydrogen-bond acceptors (Lipinski definition) is 3. The van der Waals surface area contributed by atoms with Crippen molar-refractivity contribution in [1.82, 2.24) is 4.90 Å². The first-order valence-corrected chi connectivity index (χ1v) is 6.97. The Morgan fingerprint density at radius 2 is 2.26 bits per heavy atom. The third kappa shape index (κ3) is 3.47. The summed E-state index contributed by atoms with van der Waals surface area (Å²) >= 11 is 0. The van der Waals surface area contributed by atoms with Gasteiger partial charge in [0.05, 0.1) is 11.7 Å². The van der Waals surface area contributed by atoms with Gasteiger partial charge in [-0.05, 0) is 31.4 Å². The van der Waals surface area contributed by atoms with E-state index in [0.29, 0.717) is 17.8 Å². The molecule has 104 valence electrons. The zero-order valence-electron chi connectivity index (χ0n) is 11.5. The summed E-state index contributed by atoms with van der Waals surface area (Å²) in [7, 11) is 0. The molecule has 0 aromatic heterocycles. The molecule has 2 rings (SSSR count). The minimum absolute atomic E-state index is 0.0166. The summed E-state index contributed by atoms with van der Waals surface area (Å²) in [6.07, 6.45) is 3.21. The minimum atomic E-state index is 0.0166. The van der Waals surface area contributed by atoms with E-state index in [-0.39, 0.29) is 12.0 Å². The number of likely N-dealkylation sites (tertiary alicyclic amines) is 1. The Balaban J connectivity index is 2.01. The smallest absolute Gasteiger partial charge is 0.256 e. The number of para-hydroxylation sites is 1. The first kappa shape index (κ1) is 13.9. The van der Waals surface area contributed by atoms with E-state index >= 15 is 0 Å². The number of nitrogens with two attached hydrogens (primary N) is 1. The number of carbonyl (C=O) groups excluding carboxylic acids is 1. The van der Waals surface area contributed by atoms with Crippen LogP contribution in [-0.4, -0.2) is 36.6 Å². The van der Waals surface area contributed by atoms with Crippen LogP contribution in [0, 0.1) is 0 Å². The van der Waals surface area contributed by atoms with Crippen molar-refractivity contribution in [3.63, 3.8) is 0 Å². The molecule has 4 nitrogen and oxygen atoms in total. The SMILES string of the molecule is CCCOC1CCCN(C(=O)c2ccccc2N)C1. The van der Waals surface area contributed by atoms with Crippen LogP contribution in [0.1, 0.15) is 36.5 Å². The second-order valence-corrected chi connectivity index (χ2v) is 4.97. The molecule has 1 amide bonds. The van der Waals surface area contributed by atoms with E-state index in [1.54, 1.807) is 12.1 Å². The molecule has 4 heteroatoms. The van der Waals surface area contributed by atoms with Gasteiger partial charge in [0.25, 0.3) is 5.91 Å². The van der Waals surface area contributed by atoms with Gasteiger partial charge in [-0.25, -0.2) is 0 Å². The number of piperidine rings is 1. The summed E-state index contributed by atoms with van der Waals surface area (Å²) in [5, 5.41) is 0. The zero-order chi connectivity index (χ0) is 13.7. The lowest BCUT2D eigenvalue weighted by molar-refractivity contribution is 0.00214. The van der Waals surface area contributed by atoms with E-state index in [1.165, 1.54) is 0 Å². The van der Waals surface area contributed by atoms with Gasteiger partial charge in [0.2, 0.25) is 0 Å². The number of amides is 1. The van der Waals surface area contributed by atoms with Crippen molar-refractivity contribution in [1.29, 1.82) is 0 Å². The summed E-state index contributed by atoms with van der Waals surface area (Å²) < 4.78 is 5.75. The number of rotatable bonds is 4. The Hall–Kier alpha value is -1.55. The third-order valence-electron chi connectivity index (χ3n) is 3.41. The molecule has 0 bridgehead atoms. The van der Waals surface area contributed by atoms with Crippen LogP contribution < -0.4 is 5.73 Å². The summed E-state index contributed by atoms with van der Waals surface area (Å²) in [5.41, 5.74) is 7.01. The van der Waals surface area contributed by atoms with Crippen LogP contribution in [0.2, 0.25) is 0 Å². The van der Waals surface area contributed by atoms with Gasteiger partial charge in [-0.3, -0.25) is 4.79 Å². The second-order valence-electron chi connectivity index (χ2n) is 4.97. The van der Waals surface area contributed by atoms with Gasteiger partial charge in [-0.15, -0.1) is 0 Å². The fourth-order valence-corrected chi connectivity index (χ4v) is 2.41. The number of carbonyl (C=O) groups is 1. The molecule has 0 radical (unpaired) electrons. The highest BCUT2D eigenvalue weighted by Crippen LogP contribution is 2.19. The molecule has 1 unspecified atom stereocenters. The molecule has 2 N–H and O–H groups in total. The number of ether oxygens (including phenoxy) is 1. The largest absolute Gasteiger partial charge is 0.398 e. The molecule has 1 aromatic rings. The molecule has 1 aliphatic heterocycles. The first-order chi connectivity index (χ1) is 9.22. The van der Waals surface area contributed by atoms with Gasteiger partial charge in [-0.1, -0.05) is 19.1 Å². The predicted molar refractivity (Wildman–Crippen MR) is 76.0 cm³/mol. The van der Waals surface area contributed by atoms with Crippen LogP contribution in [0.3, 0.4) is 0 Å². The van der Waals surface area contributed by atoms with Crippen molar-refractivity contribution in [3.05, 3.63) is 29.8 Å². The predicted octanol–water partition coefficient (Wildman–Crippen LogP) is 2.30. The van der Waals surface area contributed by atoms with Crippen molar-refractivity contribution in [2.24, 2.45) is 0 Å². The third-order valence-corrected chi connectivity index (χ3v) is 3.41. The number of nitrogen functional groups attached to an aromatic ring is 1. The van der Waals surface area contributed by atoms with E-state index < -0.39 is 0 Å². The van der Waals surface area contributed by atoms with Crippen molar-refractivity contribution in [2.75, 3.05) is 25.4 Å². The summed E-state index contributed by atoms with van der Waals surface area (Å²) in [5.74, 6) is 0.0166. The van der Waals surface area contributed by atoms with Crippen LogP contribution in [0.4, 0.5) is 5.69 Å². The van der Waals surface area contributed by atoms with Crippen molar-refractivity contribution in [3.8, 4) is 0 Å². The highest BCUT2D eigenvalue weighted by Gasteiger charge is 2.25. The molecule has 1 heterocycles. The summed E-state index contributed by atoms with van der Waals surface area (Å²) in [6, 6.07) is 7.24. The number of benzene rings is 1. The molecule has 0 aliphatic carbocycles. The van der Waals surface area contributed by atoms with Gasteiger partial charge in [0.1, 0.15) is 0 Å². The zero-order valence-corrected chi connectivity index (χ0v) is 11.5. The Kier molecular flexibility index (Phi) is 4.80. The van der Waals surface area contributed by atoms with Gasteiger partial charge in [-0.2, -0.15) is 0 Å². The van der Waals surface area contributed by atoms with Crippen molar-refractivity contribution in [2.45, 2.75) is 32.3 Å². The topological polar surface area (TPSA) is 55.6 Å². The summed E-state index contributed by atoms with van der Waals surface area (Å²) in [4.78, 5) is 14.3. The highest BCUT2D eigenvalue weighted by molar-refractivity contribution is 5.99. The second kappa shape index (κ2) is 6.57. The molecule has 1 atom stereocenters. The molecule has 1 aliphatic rings. The Morgan fingerprint density at radius 3 is 3.00 bits per heavy atom. The van der Waals surface area contributed by atoms with Crippen LogP contribution in [0.15, 0.2) is 24.3 Å². The lowest BCUT2D eigenvalue weighted by atomic mass is 10.1. The first-order valence-electron chi connectivity index (χ1n) is 6.97. The maximum atomic E-state index is 12.4. The fraction of sp³-hybridized carbons (Fsp3) is 0.533. The maximum Gasteiger partial charge on any atom is 0.256 e. The average molecular weight is 262 g/mol. The van der Waals surface area contributed by atoms with E-state index in [4.69, 9.17) is 10.5 Å². The van der Waals surface area contributed by atoms with Crippen molar-refractivity contribution < 1.29 is 9.53 Å². The van der Waals surface area contributed by atoms with E-state index in [0.717, 1.165) is 32.4 Å². The molecule has 1 saturated heterocycles. The van der Waals surface area contributed by atoms with Crippen LogP contribution in [-0.2, 0) is 4.74 Å². The highest BCUT2D eigenvalue weighted by atomic mass is 16.5. The van der Waals surface area contributed by atoms with Gasteiger partial charge < -0.3 is 15.4 Å². The number of anilines is 1. The van der Waals surface area contributed by atoms with E-state index in [2.05, 4.69) is 6.92 Å². The van der Waals surface area contributed by atoms with Gasteiger partial charge >= 0.3 is 0 Å². The Morgan fingerprint density at radius 1 is 1.47 bits per heavy atom. The molecular formula is C15H22N2O2. The van der Waals surface area contributed by atoms with Crippen LogP contribution in [0.25, 0.3) is 0 Å². The fourth-order valence-electron chi connectivity index (χ4n) is 2.41. The lowest BCUT2D eigenvalue weighted by Gasteiger charge is -2.33. The molecular weight excluding hydrogens is 240 g/mol. The van der Waals surface area contributed by atoms with Crippen molar-refractivity contribution >= 4 is 11.6 Å². The van der Waals surface area contributed by atoms with E-state index in [1.807, 2.05) is 17.0 Å². The Bertz CT molecular complexity index is 434. The molecule has 0 saturated carbocycles. The lowest BCUT2D eigenvalue weighted by Crippen LogP contribution is -2.43. The monoisotopic (exact) mass is 262 g/mol. The average Bonchev–Trinajstić information content (AvgIpc) is 2.45. The normalized spacial score (nSPS) is 19.4. The minimum Gasteiger partial charge on any atom is -0.398 e. The Labute approximate surface area is 114 Å². The number of nitrogens with zero attached hydrogens (tertiary/aromatic N) is 1. The van der Waals surface area contributed by atoms with Gasteiger partial charge in [0.15, 0.2) is 0 Å². The van der Waals surface area contributed by atoms with Gasteiger partial charge in [0, 0.05) is 25.4 Å². The van der Waals surface area contributed by atoms with Crippen LogP contribution >= 0.6 is 0 Å². The molecule has 1 fully saturated rings. The number of hydrogen-bond donors (Lipinski definition) is 1. The van der Waals surface area contributed by atoms with Crippen LogP contribution in [0.5, 0.6) is 0 Å². The van der Waals surface area contributed by atoms with E-state index in [9.17, 15) is 4.79 Å². The standard InChI is InChI=1S/C15H22N2O2/c1-2-10-19-12-6-5-9-17(11-12)15(18)13-7-3-4-8-14(13)16/h3-4,7-8,12H,2,5-6,9-11,16H2,1H3. The molecule has 0 spiro atoms. The molecule has 19 heavy (non-hydrogen) atoms. The molecule has 1 aromatic carbocycles. The quantitative estimate of drug-likeness (QED) is 0.847.